The number of thioether (sulfide) groups is 1. The minimum Gasteiger partial charge on any atom is -0.480 e. The fourth-order valence-electron chi connectivity index (χ4n) is 2.53. The molecule has 0 radical (unpaired) electrons. The van der Waals surface area contributed by atoms with Gasteiger partial charge in [0.1, 0.15) is 5.69 Å². The lowest BCUT2D eigenvalue weighted by Gasteiger charge is -2.13. The Bertz CT molecular complexity index is 788. The predicted octanol–water partition coefficient (Wildman–Crippen LogP) is 3.55. The number of hydrogen-bond donors (Lipinski definition) is 0. The summed E-state index contributed by atoms with van der Waals surface area (Å²) in [7, 11) is 1.69. The summed E-state index contributed by atoms with van der Waals surface area (Å²) in [5.41, 5.74) is 4.12. The van der Waals surface area contributed by atoms with Crippen LogP contribution in [-0.2, 0) is 5.75 Å². The van der Waals surface area contributed by atoms with E-state index in [9.17, 15) is 0 Å². The molecule has 5 heteroatoms. The standard InChI is InChI=1S/C16H13N3OS/c1-20-16-15-14(12-8-5-9-17-13(12)10-21-15)18-19(16)11-6-3-2-4-7-11/h2-9H,10H2,1H3. The van der Waals surface area contributed by atoms with Crippen LogP contribution in [0.4, 0.5) is 0 Å². The van der Waals surface area contributed by atoms with E-state index in [2.05, 4.69) is 11.1 Å². The number of ether oxygens (including phenoxy) is 1. The summed E-state index contributed by atoms with van der Waals surface area (Å²) >= 11 is 1.73. The molecule has 4 rings (SSSR count). The van der Waals surface area contributed by atoms with Crippen LogP contribution in [0.3, 0.4) is 0 Å². The van der Waals surface area contributed by atoms with E-state index in [1.807, 2.05) is 47.3 Å². The molecule has 0 bridgehead atoms. The lowest BCUT2D eigenvalue weighted by Crippen LogP contribution is -1.99. The summed E-state index contributed by atoms with van der Waals surface area (Å²) in [5.74, 6) is 1.63. The van der Waals surface area contributed by atoms with Crippen LogP contribution < -0.4 is 4.74 Å². The van der Waals surface area contributed by atoms with Crippen molar-refractivity contribution in [1.82, 2.24) is 14.8 Å². The van der Waals surface area contributed by atoms with E-state index in [0.717, 1.165) is 39.2 Å². The number of aromatic nitrogens is 3. The second-order valence-corrected chi connectivity index (χ2v) is 5.71. The van der Waals surface area contributed by atoms with Gasteiger partial charge in [-0.3, -0.25) is 4.98 Å². The molecule has 0 amide bonds. The van der Waals surface area contributed by atoms with Crippen molar-refractivity contribution >= 4 is 11.8 Å². The minimum absolute atomic E-state index is 0.788. The van der Waals surface area contributed by atoms with Gasteiger partial charge in [0.2, 0.25) is 5.88 Å². The Morgan fingerprint density at radius 3 is 2.81 bits per heavy atom. The molecule has 4 nitrogen and oxygen atoms in total. The van der Waals surface area contributed by atoms with E-state index in [0.29, 0.717) is 0 Å². The van der Waals surface area contributed by atoms with E-state index in [4.69, 9.17) is 9.84 Å². The Balaban J connectivity index is 1.96. The first kappa shape index (κ1) is 12.5. The van der Waals surface area contributed by atoms with Crippen molar-refractivity contribution in [3.8, 4) is 22.8 Å². The van der Waals surface area contributed by atoms with Crippen molar-refractivity contribution in [1.29, 1.82) is 0 Å². The van der Waals surface area contributed by atoms with Crippen molar-refractivity contribution in [2.75, 3.05) is 7.11 Å². The van der Waals surface area contributed by atoms with Crippen LogP contribution in [0, 0.1) is 0 Å². The fourth-order valence-corrected chi connectivity index (χ4v) is 3.62. The average Bonchev–Trinajstić information content (AvgIpc) is 2.94. The Hall–Kier alpha value is -2.27. The highest BCUT2D eigenvalue weighted by Gasteiger charge is 2.27. The number of rotatable bonds is 2. The minimum atomic E-state index is 0.788. The summed E-state index contributed by atoms with van der Waals surface area (Å²) < 4.78 is 7.47. The molecule has 0 unspecified atom stereocenters. The first-order chi connectivity index (χ1) is 10.4. The van der Waals surface area contributed by atoms with Crippen LogP contribution in [0.1, 0.15) is 5.69 Å². The van der Waals surface area contributed by atoms with Crippen LogP contribution in [0.15, 0.2) is 53.6 Å². The van der Waals surface area contributed by atoms with Crippen molar-refractivity contribution in [2.24, 2.45) is 0 Å². The molecule has 2 aromatic heterocycles. The average molecular weight is 295 g/mol. The summed E-state index contributed by atoms with van der Waals surface area (Å²) in [5, 5.41) is 4.76. The molecule has 3 aromatic rings. The van der Waals surface area contributed by atoms with Gasteiger partial charge in [0.25, 0.3) is 0 Å². The van der Waals surface area contributed by atoms with Gasteiger partial charge in [-0.25, -0.2) is 0 Å². The van der Waals surface area contributed by atoms with Crippen LogP contribution in [-0.4, -0.2) is 21.9 Å². The van der Waals surface area contributed by atoms with Gasteiger partial charge < -0.3 is 4.74 Å². The molecule has 21 heavy (non-hydrogen) atoms. The van der Waals surface area contributed by atoms with E-state index >= 15 is 0 Å². The quantitative estimate of drug-likeness (QED) is 0.725. The van der Waals surface area contributed by atoms with Crippen LogP contribution in [0.2, 0.25) is 0 Å². The molecular weight excluding hydrogens is 282 g/mol. The molecule has 1 aliphatic heterocycles. The first-order valence-electron chi connectivity index (χ1n) is 6.68. The molecule has 0 saturated carbocycles. The van der Waals surface area contributed by atoms with Gasteiger partial charge in [0.05, 0.1) is 23.4 Å². The summed E-state index contributed by atoms with van der Waals surface area (Å²) in [4.78, 5) is 5.53. The highest BCUT2D eigenvalue weighted by Crippen LogP contribution is 2.45. The largest absolute Gasteiger partial charge is 0.480 e. The molecule has 1 aliphatic rings. The maximum absolute atomic E-state index is 5.61. The predicted molar refractivity (Wildman–Crippen MR) is 82.9 cm³/mol. The van der Waals surface area contributed by atoms with Crippen molar-refractivity contribution in [3.05, 3.63) is 54.4 Å². The molecular formula is C16H13N3OS. The molecule has 0 fully saturated rings. The van der Waals surface area contributed by atoms with E-state index in [1.54, 1.807) is 18.9 Å². The van der Waals surface area contributed by atoms with Crippen LogP contribution >= 0.6 is 11.8 Å². The van der Waals surface area contributed by atoms with Gasteiger partial charge >= 0.3 is 0 Å². The highest BCUT2D eigenvalue weighted by atomic mass is 32.2. The summed E-state index contributed by atoms with van der Waals surface area (Å²) in [6, 6.07) is 14.1. The second kappa shape index (κ2) is 4.93. The molecule has 0 spiro atoms. The number of para-hydroxylation sites is 1. The topological polar surface area (TPSA) is 39.9 Å². The first-order valence-corrected chi connectivity index (χ1v) is 7.66. The van der Waals surface area contributed by atoms with Crippen molar-refractivity contribution in [2.45, 2.75) is 10.6 Å². The number of nitrogens with zero attached hydrogens (tertiary/aromatic N) is 3. The second-order valence-electron chi connectivity index (χ2n) is 4.72. The third kappa shape index (κ3) is 1.93. The van der Waals surface area contributed by atoms with Gasteiger partial charge in [0.15, 0.2) is 0 Å². The zero-order chi connectivity index (χ0) is 14.2. The smallest absolute Gasteiger partial charge is 0.231 e. The third-order valence-corrected chi connectivity index (χ3v) is 4.57. The third-order valence-electron chi connectivity index (χ3n) is 3.49. The van der Waals surface area contributed by atoms with E-state index < -0.39 is 0 Å². The number of methoxy groups -OCH3 is 1. The Morgan fingerprint density at radius 2 is 2.00 bits per heavy atom. The number of fused-ring (bicyclic) bond motifs is 3. The zero-order valence-electron chi connectivity index (χ0n) is 11.5. The Labute approximate surface area is 126 Å². The fraction of sp³-hybridized carbons (Fsp3) is 0.125. The van der Waals surface area contributed by atoms with Gasteiger partial charge in [-0.1, -0.05) is 18.2 Å². The lowest BCUT2D eigenvalue weighted by molar-refractivity contribution is 0.375. The van der Waals surface area contributed by atoms with E-state index in [-0.39, 0.29) is 0 Å². The molecule has 0 atom stereocenters. The van der Waals surface area contributed by atoms with Crippen LogP contribution in [0.5, 0.6) is 5.88 Å². The zero-order valence-corrected chi connectivity index (χ0v) is 12.3. The maximum Gasteiger partial charge on any atom is 0.231 e. The molecule has 0 saturated heterocycles. The number of benzene rings is 1. The monoisotopic (exact) mass is 295 g/mol. The summed E-state index contributed by atoms with van der Waals surface area (Å²) in [6.45, 7) is 0. The maximum atomic E-state index is 5.61. The van der Waals surface area contributed by atoms with E-state index in [1.165, 1.54) is 0 Å². The number of pyridine rings is 1. The molecule has 0 N–H and O–H groups in total. The van der Waals surface area contributed by atoms with Crippen molar-refractivity contribution < 1.29 is 4.74 Å². The van der Waals surface area contributed by atoms with Crippen LogP contribution in [0.25, 0.3) is 16.9 Å². The highest BCUT2D eigenvalue weighted by molar-refractivity contribution is 7.98. The Kier molecular flexibility index (Phi) is 2.93. The Morgan fingerprint density at radius 1 is 1.14 bits per heavy atom. The van der Waals surface area contributed by atoms with Gasteiger partial charge in [-0.2, -0.15) is 9.78 Å². The molecule has 0 aliphatic carbocycles. The SMILES string of the molecule is COc1c2c(nn1-c1ccccc1)-c1cccnc1CS2. The summed E-state index contributed by atoms with van der Waals surface area (Å²) in [6.07, 6.45) is 1.83. The lowest BCUT2D eigenvalue weighted by atomic mass is 10.1. The van der Waals surface area contributed by atoms with Crippen molar-refractivity contribution in [3.63, 3.8) is 0 Å². The van der Waals surface area contributed by atoms with Gasteiger partial charge in [0, 0.05) is 17.5 Å². The molecule has 3 heterocycles. The normalized spacial score (nSPS) is 12.6. The molecule has 104 valence electrons. The molecule has 1 aromatic carbocycles. The van der Waals surface area contributed by atoms with Gasteiger partial charge in [-0.15, -0.1) is 11.8 Å². The number of hydrogen-bond acceptors (Lipinski definition) is 4. The van der Waals surface area contributed by atoms with Gasteiger partial charge in [-0.05, 0) is 24.3 Å².